The maximum Gasteiger partial charge on any atom is 0.233 e. The molecule has 0 spiro atoms. The maximum absolute atomic E-state index is 12.4. The molecular weight excluding hydrogens is 384 g/mol. The summed E-state index contributed by atoms with van der Waals surface area (Å²) in [5.41, 5.74) is 1.12. The van der Waals surface area contributed by atoms with Gasteiger partial charge in [-0.15, -0.1) is 0 Å². The minimum Gasteiger partial charge on any atom is -0.497 e. The Morgan fingerprint density at radius 1 is 1.10 bits per heavy atom. The van der Waals surface area contributed by atoms with Crippen molar-refractivity contribution < 1.29 is 18.8 Å². The summed E-state index contributed by atoms with van der Waals surface area (Å²) in [6, 6.07) is 7.81. The highest BCUT2D eigenvalue weighted by molar-refractivity contribution is 5.77. The highest BCUT2D eigenvalue weighted by Gasteiger charge is 2.36. The van der Waals surface area contributed by atoms with Gasteiger partial charge in [-0.2, -0.15) is 4.98 Å². The molecule has 4 rings (SSSR count). The van der Waals surface area contributed by atoms with E-state index in [9.17, 15) is 9.59 Å². The van der Waals surface area contributed by atoms with Gasteiger partial charge in [-0.1, -0.05) is 17.3 Å². The Hall–Kier alpha value is -2.90. The Morgan fingerprint density at radius 2 is 1.80 bits per heavy atom. The lowest BCUT2D eigenvalue weighted by atomic mass is 9.95. The lowest BCUT2D eigenvalue weighted by Gasteiger charge is -2.37. The molecule has 0 aliphatic carbocycles. The minimum atomic E-state index is 0.119. The first kappa shape index (κ1) is 20.4. The maximum atomic E-state index is 12.4. The van der Waals surface area contributed by atoms with Gasteiger partial charge in [0, 0.05) is 45.4 Å². The molecule has 2 aliphatic heterocycles. The standard InChI is InChI=1S/C22H28N4O4/c1-15(27)25-11-9-17(10-12-25)21-23-22(30-24-21)18-13-26(14-18)20(28)8-5-16-3-6-19(29-2)7-4-16/h3-4,6-7,17-18H,5,8-14H2,1-2H3. The van der Waals surface area contributed by atoms with E-state index in [2.05, 4.69) is 10.1 Å². The van der Waals surface area contributed by atoms with Gasteiger partial charge in [-0.25, -0.2) is 0 Å². The number of likely N-dealkylation sites (tertiary alicyclic amines) is 2. The van der Waals surface area contributed by atoms with Crippen LogP contribution in [0.1, 0.15) is 55.3 Å². The number of nitrogens with zero attached hydrogens (tertiary/aromatic N) is 4. The minimum absolute atomic E-state index is 0.119. The van der Waals surface area contributed by atoms with E-state index in [1.807, 2.05) is 34.1 Å². The number of aryl methyl sites for hydroxylation is 1. The number of amides is 2. The van der Waals surface area contributed by atoms with Crippen molar-refractivity contribution in [2.75, 3.05) is 33.3 Å². The SMILES string of the molecule is COc1ccc(CCC(=O)N2CC(c3nc(C4CCN(C(C)=O)CC4)no3)C2)cc1. The average molecular weight is 412 g/mol. The average Bonchev–Trinajstić information content (AvgIpc) is 3.21. The highest BCUT2D eigenvalue weighted by Crippen LogP contribution is 2.30. The molecule has 0 bridgehead atoms. The first-order chi connectivity index (χ1) is 14.5. The van der Waals surface area contributed by atoms with Crippen molar-refractivity contribution >= 4 is 11.8 Å². The van der Waals surface area contributed by atoms with E-state index in [0.717, 1.165) is 43.1 Å². The summed E-state index contributed by atoms with van der Waals surface area (Å²) in [5, 5.41) is 4.17. The van der Waals surface area contributed by atoms with E-state index in [4.69, 9.17) is 9.26 Å². The van der Waals surface area contributed by atoms with Crippen LogP contribution in [0, 0.1) is 0 Å². The van der Waals surface area contributed by atoms with E-state index in [1.165, 1.54) is 0 Å². The Kier molecular flexibility index (Phi) is 6.01. The predicted octanol–water partition coefficient (Wildman–Crippen LogP) is 2.36. The van der Waals surface area contributed by atoms with Gasteiger partial charge in [0.15, 0.2) is 5.82 Å². The Balaban J connectivity index is 1.22. The number of hydrogen-bond donors (Lipinski definition) is 0. The molecule has 2 aromatic rings. The van der Waals surface area contributed by atoms with E-state index in [0.29, 0.717) is 31.8 Å². The van der Waals surface area contributed by atoms with Gasteiger partial charge in [-0.05, 0) is 37.0 Å². The summed E-state index contributed by atoms with van der Waals surface area (Å²) in [7, 11) is 1.64. The fraction of sp³-hybridized carbons (Fsp3) is 0.545. The molecule has 8 nitrogen and oxygen atoms in total. The third-order valence-corrected chi connectivity index (χ3v) is 6.13. The van der Waals surface area contributed by atoms with Crippen LogP contribution in [0.25, 0.3) is 0 Å². The van der Waals surface area contributed by atoms with Crippen LogP contribution in [0.4, 0.5) is 0 Å². The monoisotopic (exact) mass is 412 g/mol. The molecule has 0 N–H and O–H groups in total. The quantitative estimate of drug-likeness (QED) is 0.724. The lowest BCUT2D eigenvalue weighted by Crippen LogP contribution is -2.48. The van der Waals surface area contributed by atoms with E-state index >= 15 is 0 Å². The van der Waals surface area contributed by atoms with Crippen molar-refractivity contribution in [1.29, 1.82) is 0 Å². The van der Waals surface area contributed by atoms with Gasteiger partial charge in [0.1, 0.15) is 5.75 Å². The fourth-order valence-electron chi connectivity index (χ4n) is 4.07. The van der Waals surface area contributed by atoms with Crippen molar-refractivity contribution in [3.63, 3.8) is 0 Å². The number of hydrogen-bond acceptors (Lipinski definition) is 6. The third-order valence-electron chi connectivity index (χ3n) is 6.13. The molecule has 0 atom stereocenters. The first-order valence-corrected chi connectivity index (χ1v) is 10.5. The van der Waals surface area contributed by atoms with E-state index < -0.39 is 0 Å². The van der Waals surface area contributed by atoms with Crippen LogP contribution in [0.15, 0.2) is 28.8 Å². The predicted molar refractivity (Wildman–Crippen MR) is 109 cm³/mol. The van der Waals surface area contributed by atoms with Crippen molar-refractivity contribution in [3.05, 3.63) is 41.5 Å². The molecule has 0 unspecified atom stereocenters. The smallest absolute Gasteiger partial charge is 0.233 e. The molecule has 160 valence electrons. The highest BCUT2D eigenvalue weighted by atomic mass is 16.5. The van der Waals surface area contributed by atoms with Crippen molar-refractivity contribution in [3.8, 4) is 5.75 Å². The zero-order valence-electron chi connectivity index (χ0n) is 17.5. The summed E-state index contributed by atoms with van der Waals surface area (Å²) in [6.45, 7) is 4.35. The zero-order valence-corrected chi connectivity index (χ0v) is 17.5. The number of ether oxygens (including phenoxy) is 1. The molecule has 0 saturated carbocycles. The van der Waals surface area contributed by atoms with Gasteiger partial charge >= 0.3 is 0 Å². The molecule has 1 aromatic carbocycles. The Morgan fingerprint density at radius 3 is 2.43 bits per heavy atom. The van der Waals surface area contributed by atoms with Crippen LogP contribution < -0.4 is 4.74 Å². The molecule has 0 radical (unpaired) electrons. The van der Waals surface area contributed by atoms with Crippen molar-refractivity contribution in [2.24, 2.45) is 0 Å². The number of methoxy groups -OCH3 is 1. The van der Waals surface area contributed by atoms with Gasteiger partial charge < -0.3 is 19.1 Å². The number of rotatable bonds is 6. The third kappa shape index (κ3) is 4.47. The Bertz CT molecular complexity index is 881. The Labute approximate surface area is 176 Å². The van der Waals surface area contributed by atoms with Crippen LogP contribution in [-0.4, -0.2) is 65.0 Å². The fourth-order valence-corrected chi connectivity index (χ4v) is 4.07. The van der Waals surface area contributed by atoms with Crippen LogP contribution in [0.3, 0.4) is 0 Å². The summed E-state index contributed by atoms with van der Waals surface area (Å²) in [6.07, 6.45) is 2.93. The molecule has 8 heteroatoms. The van der Waals surface area contributed by atoms with Gasteiger partial charge in [0.25, 0.3) is 0 Å². The summed E-state index contributed by atoms with van der Waals surface area (Å²) in [4.78, 5) is 32.2. The second-order valence-corrected chi connectivity index (χ2v) is 8.11. The number of benzene rings is 1. The van der Waals surface area contributed by atoms with Gasteiger partial charge in [0.2, 0.25) is 17.7 Å². The normalized spacial score (nSPS) is 17.7. The zero-order chi connectivity index (χ0) is 21.1. The summed E-state index contributed by atoms with van der Waals surface area (Å²) >= 11 is 0. The largest absolute Gasteiger partial charge is 0.497 e. The number of piperidine rings is 1. The van der Waals surface area contributed by atoms with Gasteiger partial charge in [-0.3, -0.25) is 9.59 Å². The molecule has 1 aromatic heterocycles. The molecule has 2 amide bonds. The van der Waals surface area contributed by atoms with Crippen LogP contribution in [-0.2, 0) is 16.0 Å². The van der Waals surface area contributed by atoms with E-state index in [1.54, 1.807) is 14.0 Å². The summed E-state index contributed by atoms with van der Waals surface area (Å²) in [5.74, 6) is 2.80. The van der Waals surface area contributed by atoms with Crippen LogP contribution in [0.2, 0.25) is 0 Å². The van der Waals surface area contributed by atoms with Crippen molar-refractivity contribution in [2.45, 2.75) is 44.4 Å². The molecule has 2 saturated heterocycles. The second kappa shape index (κ2) is 8.85. The number of carbonyl (C=O) groups is 2. The molecule has 3 heterocycles. The van der Waals surface area contributed by atoms with Crippen LogP contribution in [0.5, 0.6) is 5.75 Å². The van der Waals surface area contributed by atoms with Crippen molar-refractivity contribution in [1.82, 2.24) is 19.9 Å². The number of carbonyl (C=O) groups excluding carboxylic acids is 2. The molecule has 30 heavy (non-hydrogen) atoms. The molecule has 2 aliphatic rings. The van der Waals surface area contributed by atoms with E-state index in [-0.39, 0.29) is 23.7 Å². The molecular formula is C22H28N4O4. The topological polar surface area (TPSA) is 88.8 Å². The second-order valence-electron chi connectivity index (χ2n) is 8.11. The lowest BCUT2D eigenvalue weighted by molar-refractivity contribution is -0.136. The van der Waals surface area contributed by atoms with Gasteiger partial charge in [0.05, 0.1) is 13.0 Å². The number of aromatic nitrogens is 2. The first-order valence-electron chi connectivity index (χ1n) is 10.5. The molecule has 2 fully saturated rings. The summed E-state index contributed by atoms with van der Waals surface area (Å²) < 4.78 is 10.6. The van der Waals surface area contributed by atoms with Crippen LogP contribution >= 0.6 is 0 Å².